The van der Waals surface area contributed by atoms with Crippen molar-refractivity contribution < 1.29 is 19.1 Å². The molecular weight excluding hydrogens is 436 g/mol. The van der Waals surface area contributed by atoms with Gasteiger partial charge in [0, 0.05) is 17.8 Å². The van der Waals surface area contributed by atoms with Crippen molar-refractivity contribution >= 4 is 22.7 Å². The van der Waals surface area contributed by atoms with E-state index in [2.05, 4.69) is 48.5 Å². The summed E-state index contributed by atoms with van der Waals surface area (Å²) in [5.74, 6) is 0.502. The maximum Gasteiger partial charge on any atom is 0.311 e. The van der Waals surface area contributed by atoms with E-state index < -0.39 is 5.97 Å². The first-order valence-corrected chi connectivity index (χ1v) is 12.2. The molecule has 3 aliphatic carbocycles. The molecule has 0 saturated carbocycles. The third-order valence-electron chi connectivity index (χ3n) is 7.37. The number of benzene rings is 4. The summed E-state index contributed by atoms with van der Waals surface area (Å²) in [4.78, 5) is 24.8. The van der Waals surface area contributed by atoms with Crippen LogP contribution in [0.1, 0.15) is 53.4 Å². The van der Waals surface area contributed by atoms with E-state index in [0.29, 0.717) is 18.3 Å². The van der Waals surface area contributed by atoms with Crippen molar-refractivity contribution in [1.82, 2.24) is 0 Å². The highest BCUT2D eigenvalue weighted by molar-refractivity contribution is 5.85. The molecule has 7 rings (SSSR count). The topological polar surface area (TPSA) is 52.6 Å². The molecule has 4 aromatic carbocycles. The Morgan fingerprint density at radius 2 is 1.29 bits per heavy atom. The van der Waals surface area contributed by atoms with Crippen molar-refractivity contribution in [3.05, 3.63) is 113 Å². The van der Waals surface area contributed by atoms with Crippen LogP contribution >= 0.6 is 0 Å². The molecule has 0 amide bonds. The molecule has 0 radical (unpaired) electrons. The Balaban J connectivity index is 1.06. The zero-order valence-electron chi connectivity index (χ0n) is 19.4. The molecule has 0 aromatic heterocycles. The summed E-state index contributed by atoms with van der Waals surface area (Å²) in [6.45, 7) is 0.363. The second-order valence-corrected chi connectivity index (χ2v) is 9.45. The molecule has 2 bridgehead atoms. The minimum Gasteiger partial charge on any atom is -0.465 e. The van der Waals surface area contributed by atoms with Crippen LogP contribution < -0.4 is 4.74 Å². The van der Waals surface area contributed by atoms with Crippen LogP contribution in [-0.2, 0) is 14.3 Å². The Hall–Kier alpha value is -3.92. The van der Waals surface area contributed by atoms with Crippen molar-refractivity contribution in [2.45, 2.75) is 31.1 Å². The summed E-state index contributed by atoms with van der Waals surface area (Å²) < 4.78 is 11.1. The molecule has 0 spiro atoms. The van der Waals surface area contributed by atoms with Gasteiger partial charge in [0.2, 0.25) is 0 Å². The van der Waals surface area contributed by atoms with E-state index in [0.717, 1.165) is 17.2 Å². The van der Waals surface area contributed by atoms with Gasteiger partial charge in [-0.1, -0.05) is 78.9 Å². The summed E-state index contributed by atoms with van der Waals surface area (Å²) in [6.07, 6.45) is 0.977. The van der Waals surface area contributed by atoms with Gasteiger partial charge in [0.1, 0.15) is 5.75 Å². The average molecular weight is 463 g/mol. The lowest BCUT2D eigenvalue weighted by molar-refractivity contribution is -0.148. The van der Waals surface area contributed by atoms with Gasteiger partial charge >= 0.3 is 11.9 Å². The van der Waals surface area contributed by atoms with Crippen LogP contribution in [0.2, 0.25) is 0 Å². The van der Waals surface area contributed by atoms with Crippen LogP contribution in [0.5, 0.6) is 5.75 Å². The molecule has 35 heavy (non-hydrogen) atoms. The van der Waals surface area contributed by atoms with Crippen LogP contribution in [0.25, 0.3) is 10.8 Å². The average Bonchev–Trinajstić information content (AvgIpc) is 2.91. The van der Waals surface area contributed by atoms with Gasteiger partial charge in [0.05, 0.1) is 19.4 Å². The Bertz CT molecular complexity index is 1370. The van der Waals surface area contributed by atoms with Gasteiger partial charge in [-0.3, -0.25) is 9.59 Å². The monoisotopic (exact) mass is 462 g/mol. The van der Waals surface area contributed by atoms with Crippen molar-refractivity contribution in [3.8, 4) is 5.75 Å². The fourth-order valence-electron chi connectivity index (χ4n) is 5.81. The quantitative estimate of drug-likeness (QED) is 0.247. The van der Waals surface area contributed by atoms with Crippen LogP contribution in [0.4, 0.5) is 0 Å². The SMILES string of the molecule is O=C(CCC(=O)Oc1ccc2ccccc2c1)OCC1CC2c3ccccc3C1c1ccccc12. The third kappa shape index (κ3) is 4.10. The Kier molecular flexibility index (Phi) is 5.57. The van der Waals surface area contributed by atoms with E-state index in [-0.39, 0.29) is 30.6 Å². The highest BCUT2D eigenvalue weighted by Gasteiger charge is 2.43. The minimum absolute atomic E-state index is 0.00591. The molecule has 4 heteroatoms. The highest BCUT2D eigenvalue weighted by Crippen LogP contribution is 2.55. The van der Waals surface area contributed by atoms with E-state index in [1.54, 1.807) is 6.07 Å². The lowest BCUT2D eigenvalue weighted by Crippen LogP contribution is -2.35. The number of ether oxygens (including phenoxy) is 2. The van der Waals surface area contributed by atoms with Crippen molar-refractivity contribution in [1.29, 1.82) is 0 Å². The van der Waals surface area contributed by atoms with E-state index in [1.807, 2.05) is 36.4 Å². The number of rotatable bonds is 6. The van der Waals surface area contributed by atoms with Crippen LogP contribution in [0.3, 0.4) is 0 Å². The molecule has 4 nitrogen and oxygen atoms in total. The Labute approximate surface area is 204 Å². The molecule has 0 aliphatic heterocycles. The van der Waals surface area contributed by atoms with Gasteiger partial charge in [0.25, 0.3) is 0 Å². The Morgan fingerprint density at radius 3 is 2.00 bits per heavy atom. The molecule has 0 heterocycles. The Morgan fingerprint density at radius 1 is 0.686 bits per heavy atom. The molecule has 1 unspecified atom stereocenters. The minimum atomic E-state index is -0.434. The summed E-state index contributed by atoms with van der Waals surface area (Å²) >= 11 is 0. The van der Waals surface area contributed by atoms with Crippen molar-refractivity contribution in [2.24, 2.45) is 5.92 Å². The zero-order valence-corrected chi connectivity index (χ0v) is 19.4. The summed E-state index contributed by atoms with van der Waals surface area (Å²) in [7, 11) is 0. The summed E-state index contributed by atoms with van der Waals surface area (Å²) in [6, 6.07) is 30.7. The smallest absolute Gasteiger partial charge is 0.311 e. The molecular formula is C31H26O4. The second-order valence-electron chi connectivity index (χ2n) is 9.45. The molecule has 4 aromatic rings. The summed E-state index contributed by atoms with van der Waals surface area (Å²) in [5.41, 5.74) is 5.50. The maximum absolute atomic E-state index is 12.5. The van der Waals surface area contributed by atoms with Gasteiger partial charge in [0.15, 0.2) is 0 Å². The van der Waals surface area contributed by atoms with Gasteiger partial charge in [-0.15, -0.1) is 0 Å². The number of hydrogen-bond donors (Lipinski definition) is 0. The predicted octanol–water partition coefficient (Wildman–Crippen LogP) is 6.37. The number of esters is 2. The number of carbonyl (C=O) groups is 2. The fourth-order valence-corrected chi connectivity index (χ4v) is 5.81. The summed E-state index contributed by atoms with van der Waals surface area (Å²) in [5, 5.41) is 2.08. The van der Waals surface area contributed by atoms with Gasteiger partial charge in [-0.2, -0.15) is 0 Å². The highest BCUT2D eigenvalue weighted by atomic mass is 16.5. The van der Waals surface area contributed by atoms with E-state index in [4.69, 9.17) is 9.47 Å². The van der Waals surface area contributed by atoms with Gasteiger partial charge < -0.3 is 9.47 Å². The van der Waals surface area contributed by atoms with Crippen LogP contribution in [-0.4, -0.2) is 18.5 Å². The number of hydrogen-bond acceptors (Lipinski definition) is 4. The number of carbonyl (C=O) groups excluding carboxylic acids is 2. The first kappa shape index (κ1) is 21.6. The maximum atomic E-state index is 12.5. The molecule has 3 aliphatic rings. The molecule has 0 N–H and O–H groups in total. The molecule has 1 atom stereocenters. The molecule has 174 valence electrons. The second kappa shape index (κ2) is 9.03. The van der Waals surface area contributed by atoms with Crippen molar-refractivity contribution in [3.63, 3.8) is 0 Å². The fraction of sp³-hybridized carbons (Fsp3) is 0.226. The van der Waals surface area contributed by atoms with Crippen LogP contribution in [0.15, 0.2) is 91.0 Å². The standard InChI is InChI=1S/C31H26O4/c32-29(15-16-30(33)35-23-14-13-20-7-1-2-8-21(20)17-23)34-19-22-18-28-24-9-3-5-11-26(24)31(22)27-12-6-4-10-25(27)28/h1-14,17,22,28,31H,15-16,18-19H2. The van der Waals surface area contributed by atoms with Crippen LogP contribution in [0, 0.1) is 5.92 Å². The normalized spacial score (nSPS) is 19.6. The lowest BCUT2D eigenvalue weighted by Gasteiger charge is -2.45. The van der Waals surface area contributed by atoms with Crippen molar-refractivity contribution in [2.75, 3.05) is 6.61 Å². The van der Waals surface area contributed by atoms with E-state index in [1.165, 1.54) is 22.3 Å². The number of fused-ring (bicyclic) bond motifs is 2. The first-order chi connectivity index (χ1) is 17.2. The third-order valence-corrected chi connectivity index (χ3v) is 7.37. The largest absolute Gasteiger partial charge is 0.465 e. The molecule has 0 saturated heterocycles. The molecule has 0 fully saturated rings. The van der Waals surface area contributed by atoms with E-state index in [9.17, 15) is 9.59 Å². The lowest BCUT2D eigenvalue weighted by atomic mass is 9.59. The first-order valence-electron chi connectivity index (χ1n) is 12.2. The van der Waals surface area contributed by atoms with Gasteiger partial charge in [-0.05, 0) is 51.6 Å². The predicted molar refractivity (Wildman–Crippen MR) is 134 cm³/mol. The van der Waals surface area contributed by atoms with E-state index >= 15 is 0 Å². The zero-order chi connectivity index (χ0) is 23.8. The van der Waals surface area contributed by atoms with Gasteiger partial charge in [-0.25, -0.2) is 0 Å².